The number of halogens is 1. The van der Waals surface area contributed by atoms with Gasteiger partial charge in [0, 0.05) is 22.2 Å². The van der Waals surface area contributed by atoms with Gasteiger partial charge in [0.15, 0.2) is 5.78 Å². The van der Waals surface area contributed by atoms with Gasteiger partial charge in [-0.15, -0.1) is 0 Å². The van der Waals surface area contributed by atoms with E-state index < -0.39 is 5.97 Å². The molecule has 1 aromatic carbocycles. The number of nitrogens with zero attached hydrogens (tertiary/aromatic N) is 1. The van der Waals surface area contributed by atoms with E-state index in [2.05, 4.69) is 0 Å². The fraction of sp³-hybridized carbons (Fsp3) is 0.167. The maximum absolute atomic E-state index is 11.4. The summed E-state index contributed by atoms with van der Waals surface area (Å²) in [5.41, 5.74) is 1.17. The number of benzene rings is 1. The number of carbonyl (C=O) groups is 2. The van der Waals surface area contributed by atoms with Crippen molar-refractivity contribution in [3.63, 3.8) is 0 Å². The molecule has 88 valence electrons. The van der Waals surface area contributed by atoms with Crippen molar-refractivity contribution in [3.8, 4) is 0 Å². The third kappa shape index (κ3) is 2.17. The van der Waals surface area contributed by atoms with Crippen molar-refractivity contribution in [1.29, 1.82) is 0 Å². The van der Waals surface area contributed by atoms with Gasteiger partial charge in [-0.2, -0.15) is 0 Å². The Morgan fingerprint density at radius 3 is 2.71 bits per heavy atom. The molecule has 0 aliphatic heterocycles. The zero-order valence-corrected chi connectivity index (χ0v) is 9.86. The molecule has 0 aliphatic rings. The first-order valence-electron chi connectivity index (χ1n) is 5.00. The number of carboxylic acids is 1. The van der Waals surface area contributed by atoms with Crippen LogP contribution in [0, 0.1) is 0 Å². The molecule has 0 spiro atoms. The molecule has 1 aromatic heterocycles. The van der Waals surface area contributed by atoms with Crippen molar-refractivity contribution in [3.05, 3.63) is 35.0 Å². The van der Waals surface area contributed by atoms with Crippen LogP contribution in [0.4, 0.5) is 0 Å². The minimum atomic E-state index is -0.961. The second kappa shape index (κ2) is 4.22. The Bertz CT molecular complexity index is 615. The topological polar surface area (TPSA) is 59.3 Å². The molecule has 17 heavy (non-hydrogen) atoms. The van der Waals surface area contributed by atoms with Crippen LogP contribution in [-0.4, -0.2) is 21.4 Å². The molecule has 0 saturated carbocycles. The highest BCUT2D eigenvalue weighted by molar-refractivity contribution is 6.31. The highest BCUT2D eigenvalue weighted by atomic mass is 35.5. The maximum atomic E-state index is 11.4. The zero-order valence-electron chi connectivity index (χ0n) is 9.11. The average molecular weight is 252 g/mol. The minimum Gasteiger partial charge on any atom is -0.480 e. The summed E-state index contributed by atoms with van der Waals surface area (Å²) in [6, 6.07) is 5.07. The van der Waals surface area contributed by atoms with E-state index in [1.165, 1.54) is 11.5 Å². The van der Waals surface area contributed by atoms with Crippen LogP contribution < -0.4 is 0 Å². The fourth-order valence-corrected chi connectivity index (χ4v) is 1.99. The van der Waals surface area contributed by atoms with Gasteiger partial charge in [-0.1, -0.05) is 17.7 Å². The number of fused-ring (bicyclic) bond motifs is 1. The lowest BCUT2D eigenvalue weighted by Crippen LogP contribution is -2.07. The Morgan fingerprint density at radius 2 is 2.12 bits per heavy atom. The van der Waals surface area contributed by atoms with E-state index in [4.69, 9.17) is 16.7 Å². The normalized spacial score (nSPS) is 10.7. The Morgan fingerprint density at radius 1 is 1.41 bits per heavy atom. The quantitative estimate of drug-likeness (QED) is 0.853. The monoisotopic (exact) mass is 251 g/mol. The smallest absolute Gasteiger partial charge is 0.323 e. The summed E-state index contributed by atoms with van der Waals surface area (Å²) >= 11 is 5.87. The predicted molar refractivity (Wildman–Crippen MR) is 64.6 cm³/mol. The van der Waals surface area contributed by atoms with E-state index in [1.54, 1.807) is 24.4 Å². The maximum Gasteiger partial charge on any atom is 0.323 e. The van der Waals surface area contributed by atoms with Crippen LogP contribution >= 0.6 is 11.6 Å². The van der Waals surface area contributed by atoms with Crippen molar-refractivity contribution in [2.45, 2.75) is 13.5 Å². The SMILES string of the molecule is CC(=O)c1cn(CC(=O)O)c2cc(Cl)ccc12. The van der Waals surface area contributed by atoms with Crippen LogP contribution in [0.5, 0.6) is 0 Å². The third-order valence-electron chi connectivity index (χ3n) is 2.53. The van der Waals surface area contributed by atoms with Gasteiger partial charge < -0.3 is 9.67 Å². The van der Waals surface area contributed by atoms with Gasteiger partial charge in [-0.3, -0.25) is 9.59 Å². The van der Waals surface area contributed by atoms with E-state index in [1.807, 2.05) is 0 Å². The molecule has 2 rings (SSSR count). The summed E-state index contributed by atoms with van der Waals surface area (Å²) in [5.74, 6) is -1.06. The zero-order chi connectivity index (χ0) is 12.6. The molecular formula is C12H10ClNO3. The van der Waals surface area contributed by atoms with Gasteiger partial charge in [0.1, 0.15) is 6.54 Å². The lowest BCUT2D eigenvalue weighted by atomic mass is 10.1. The molecule has 0 fully saturated rings. The molecule has 5 heteroatoms. The van der Waals surface area contributed by atoms with Crippen LogP contribution in [0.1, 0.15) is 17.3 Å². The Kier molecular flexibility index (Phi) is 2.90. The molecule has 0 amide bonds. The predicted octanol–water partition coefficient (Wildman–Crippen LogP) is 2.58. The van der Waals surface area contributed by atoms with Gasteiger partial charge in [0.25, 0.3) is 0 Å². The summed E-state index contributed by atoms with van der Waals surface area (Å²) in [6.45, 7) is 1.26. The highest BCUT2D eigenvalue weighted by Crippen LogP contribution is 2.25. The number of hydrogen-bond acceptors (Lipinski definition) is 2. The number of ketones is 1. The highest BCUT2D eigenvalue weighted by Gasteiger charge is 2.13. The van der Waals surface area contributed by atoms with Crippen LogP contribution in [0.2, 0.25) is 5.02 Å². The molecular weight excluding hydrogens is 242 g/mol. The third-order valence-corrected chi connectivity index (χ3v) is 2.76. The van der Waals surface area contributed by atoms with Crippen LogP contribution in [-0.2, 0) is 11.3 Å². The molecule has 0 bridgehead atoms. The first kappa shape index (κ1) is 11.7. The van der Waals surface area contributed by atoms with Crippen molar-refractivity contribution < 1.29 is 14.7 Å². The van der Waals surface area contributed by atoms with Gasteiger partial charge in [-0.25, -0.2) is 0 Å². The molecule has 1 heterocycles. The van der Waals surface area contributed by atoms with Crippen LogP contribution in [0.3, 0.4) is 0 Å². The first-order valence-corrected chi connectivity index (χ1v) is 5.38. The Hall–Kier alpha value is -1.81. The Labute approximate surface area is 102 Å². The van der Waals surface area contributed by atoms with E-state index in [0.29, 0.717) is 16.1 Å². The van der Waals surface area contributed by atoms with Gasteiger partial charge in [0.05, 0.1) is 5.52 Å². The minimum absolute atomic E-state index is 0.0959. The number of carbonyl (C=O) groups excluding carboxylic acids is 1. The molecule has 0 saturated heterocycles. The number of aromatic nitrogens is 1. The largest absolute Gasteiger partial charge is 0.480 e. The number of aliphatic carboxylic acids is 1. The standard InChI is InChI=1S/C12H10ClNO3/c1-7(15)10-5-14(6-12(16)17)11-4-8(13)2-3-9(10)11/h2-5H,6H2,1H3,(H,16,17). The number of carboxylic acid groups (broad SMARTS) is 1. The summed E-state index contributed by atoms with van der Waals surface area (Å²) in [5, 5.41) is 10.0. The second-order valence-electron chi connectivity index (χ2n) is 3.78. The lowest BCUT2D eigenvalue weighted by molar-refractivity contribution is -0.137. The van der Waals surface area contributed by atoms with Crippen molar-refractivity contribution in [2.75, 3.05) is 0 Å². The second-order valence-corrected chi connectivity index (χ2v) is 4.22. The Balaban J connectivity index is 2.70. The fourth-order valence-electron chi connectivity index (χ4n) is 1.82. The molecule has 0 aliphatic carbocycles. The number of rotatable bonds is 3. The van der Waals surface area contributed by atoms with Gasteiger partial charge in [0.2, 0.25) is 0 Å². The summed E-state index contributed by atoms with van der Waals surface area (Å²) in [6.07, 6.45) is 1.55. The molecule has 0 radical (unpaired) electrons. The molecule has 0 atom stereocenters. The van der Waals surface area contributed by atoms with E-state index in [0.717, 1.165) is 5.39 Å². The molecule has 0 unspecified atom stereocenters. The van der Waals surface area contributed by atoms with Crippen molar-refractivity contribution in [2.24, 2.45) is 0 Å². The van der Waals surface area contributed by atoms with Gasteiger partial charge in [-0.05, 0) is 19.1 Å². The van der Waals surface area contributed by atoms with Crippen molar-refractivity contribution in [1.82, 2.24) is 4.57 Å². The summed E-state index contributed by atoms with van der Waals surface area (Å²) < 4.78 is 1.51. The van der Waals surface area contributed by atoms with Crippen LogP contribution in [0.25, 0.3) is 10.9 Å². The molecule has 1 N–H and O–H groups in total. The van der Waals surface area contributed by atoms with Crippen LogP contribution in [0.15, 0.2) is 24.4 Å². The number of Topliss-reactive ketones (excluding diaryl/α,β-unsaturated/α-hetero) is 1. The first-order chi connectivity index (χ1) is 7.99. The number of hydrogen-bond donors (Lipinski definition) is 1. The molecule has 4 nitrogen and oxygen atoms in total. The van der Waals surface area contributed by atoms with E-state index in [-0.39, 0.29) is 12.3 Å². The molecule has 2 aromatic rings. The van der Waals surface area contributed by atoms with E-state index >= 15 is 0 Å². The van der Waals surface area contributed by atoms with Gasteiger partial charge >= 0.3 is 5.97 Å². The average Bonchev–Trinajstić information content (AvgIpc) is 2.56. The lowest BCUT2D eigenvalue weighted by Gasteiger charge is -2.00. The summed E-state index contributed by atoms with van der Waals surface area (Å²) in [4.78, 5) is 22.2. The van der Waals surface area contributed by atoms with Crippen molar-refractivity contribution >= 4 is 34.3 Å². The van der Waals surface area contributed by atoms with E-state index in [9.17, 15) is 9.59 Å². The summed E-state index contributed by atoms with van der Waals surface area (Å²) in [7, 11) is 0.